The Morgan fingerprint density at radius 1 is 0.964 bits per heavy atom. The lowest BCUT2D eigenvalue weighted by Crippen LogP contribution is -2.23. The number of amides is 1. The average Bonchev–Trinajstić information content (AvgIpc) is 2.70. The Labute approximate surface area is 161 Å². The number of benzene rings is 3. The molecule has 6 heteroatoms. The lowest BCUT2D eigenvalue weighted by atomic mass is 10.0. The van der Waals surface area contributed by atoms with E-state index in [4.69, 9.17) is 9.84 Å². The van der Waals surface area contributed by atoms with Crippen molar-refractivity contribution in [1.29, 1.82) is 0 Å². The molecule has 144 valence electrons. The minimum Gasteiger partial charge on any atom is -0.488 e. The Bertz CT molecular complexity index is 1000. The highest BCUT2D eigenvalue weighted by Gasteiger charge is 2.12. The molecule has 0 aliphatic heterocycles. The highest BCUT2D eigenvalue weighted by Crippen LogP contribution is 2.29. The highest BCUT2D eigenvalue weighted by atomic mass is 19.1. The fourth-order valence-electron chi connectivity index (χ4n) is 2.90. The van der Waals surface area contributed by atoms with E-state index in [2.05, 4.69) is 5.32 Å². The second-order valence-electron chi connectivity index (χ2n) is 6.31. The molecule has 1 amide bonds. The number of hydrogen-bond acceptors (Lipinski definition) is 3. The number of halogens is 1. The van der Waals surface area contributed by atoms with Gasteiger partial charge in [0.15, 0.2) is 0 Å². The molecule has 2 N–H and O–H groups in total. The van der Waals surface area contributed by atoms with Gasteiger partial charge < -0.3 is 15.2 Å². The van der Waals surface area contributed by atoms with Gasteiger partial charge in [-0.25, -0.2) is 4.39 Å². The van der Waals surface area contributed by atoms with Crippen LogP contribution in [0.25, 0.3) is 10.8 Å². The van der Waals surface area contributed by atoms with Crippen LogP contribution in [0.3, 0.4) is 0 Å². The Hall–Kier alpha value is -3.41. The molecule has 0 saturated carbocycles. The van der Waals surface area contributed by atoms with Crippen LogP contribution < -0.4 is 10.1 Å². The molecule has 3 rings (SSSR count). The number of hydrogen-bond donors (Lipinski definition) is 2. The van der Waals surface area contributed by atoms with Crippen molar-refractivity contribution in [3.8, 4) is 5.75 Å². The zero-order chi connectivity index (χ0) is 19.9. The summed E-state index contributed by atoms with van der Waals surface area (Å²) in [6.07, 6.45) is -0.316. The predicted octanol–water partition coefficient (Wildman–Crippen LogP) is 4.04. The van der Waals surface area contributed by atoms with Crippen molar-refractivity contribution in [2.75, 3.05) is 0 Å². The van der Waals surface area contributed by atoms with Gasteiger partial charge in [0, 0.05) is 24.1 Å². The van der Waals surface area contributed by atoms with Crippen molar-refractivity contribution >= 4 is 22.6 Å². The van der Waals surface area contributed by atoms with Crippen LogP contribution in [0, 0.1) is 5.82 Å². The average molecular weight is 381 g/mol. The standard InChI is InChI=1S/C22H20FNO4/c23-19-8-4-2-6-16(19)14-28-20-10-9-15-5-1-3-7-17(15)18(20)13-24-21(25)11-12-22(26)27/h1-10H,11-14H2,(H,24,25)(H,26,27). The van der Waals surface area contributed by atoms with Crippen molar-refractivity contribution in [2.45, 2.75) is 26.0 Å². The van der Waals surface area contributed by atoms with Gasteiger partial charge in [-0.05, 0) is 22.9 Å². The number of carboxylic acids is 1. The van der Waals surface area contributed by atoms with Crippen molar-refractivity contribution in [3.63, 3.8) is 0 Å². The van der Waals surface area contributed by atoms with E-state index < -0.39 is 5.97 Å². The third kappa shape index (κ3) is 4.85. The van der Waals surface area contributed by atoms with E-state index in [1.54, 1.807) is 24.3 Å². The smallest absolute Gasteiger partial charge is 0.303 e. The molecule has 0 aliphatic carbocycles. The molecule has 0 aromatic heterocycles. The van der Waals surface area contributed by atoms with Crippen LogP contribution in [-0.2, 0) is 22.7 Å². The Balaban J connectivity index is 1.81. The number of ether oxygens (including phenoxy) is 1. The summed E-state index contributed by atoms with van der Waals surface area (Å²) in [7, 11) is 0. The summed E-state index contributed by atoms with van der Waals surface area (Å²) in [6, 6.07) is 17.8. The molecular weight excluding hydrogens is 361 g/mol. The Morgan fingerprint density at radius 3 is 2.50 bits per heavy atom. The molecule has 0 aliphatic rings. The summed E-state index contributed by atoms with van der Waals surface area (Å²) in [5.74, 6) is -1.17. The number of rotatable bonds is 8. The van der Waals surface area contributed by atoms with Gasteiger partial charge in [-0.2, -0.15) is 0 Å². The van der Waals surface area contributed by atoms with Crippen molar-refractivity contribution in [3.05, 3.63) is 77.6 Å². The summed E-state index contributed by atoms with van der Waals surface area (Å²) < 4.78 is 19.7. The predicted molar refractivity (Wildman–Crippen MR) is 103 cm³/mol. The summed E-state index contributed by atoms with van der Waals surface area (Å²) in [5.41, 5.74) is 1.20. The van der Waals surface area contributed by atoms with E-state index in [1.807, 2.05) is 30.3 Å². The maximum absolute atomic E-state index is 13.9. The van der Waals surface area contributed by atoms with Crippen LogP contribution in [0.5, 0.6) is 5.75 Å². The molecule has 3 aromatic carbocycles. The first-order chi connectivity index (χ1) is 13.5. The van der Waals surface area contributed by atoms with Crippen LogP contribution in [0.4, 0.5) is 4.39 Å². The number of nitrogens with one attached hydrogen (secondary N) is 1. The topological polar surface area (TPSA) is 75.6 Å². The maximum atomic E-state index is 13.9. The molecule has 28 heavy (non-hydrogen) atoms. The SMILES string of the molecule is O=C(O)CCC(=O)NCc1c(OCc2ccccc2F)ccc2ccccc12. The molecule has 0 fully saturated rings. The van der Waals surface area contributed by atoms with Crippen LogP contribution >= 0.6 is 0 Å². The van der Waals surface area contributed by atoms with Crippen LogP contribution in [0.2, 0.25) is 0 Å². The van der Waals surface area contributed by atoms with Crippen molar-refractivity contribution in [1.82, 2.24) is 5.32 Å². The first-order valence-corrected chi connectivity index (χ1v) is 8.90. The molecule has 5 nitrogen and oxygen atoms in total. The Morgan fingerprint density at radius 2 is 1.71 bits per heavy atom. The zero-order valence-electron chi connectivity index (χ0n) is 15.2. The molecule has 0 atom stereocenters. The van der Waals surface area contributed by atoms with Crippen LogP contribution in [0.15, 0.2) is 60.7 Å². The normalized spacial score (nSPS) is 10.6. The highest BCUT2D eigenvalue weighted by molar-refractivity contribution is 5.88. The molecule has 0 saturated heterocycles. The van der Waals surface area contributed by atoms with Gasteiger partial charge in [0.05, 0.1) is 6.42 Å². The first kappa shape index (κ1) is 19.4. The van der Waals surface area contributed by atoms with E-state index in [0.717, 1.165) is 16.3 Å². The van der Waals surface area contributed by atoms with Crippen LogP contribution in [0.1, 0.15) is 24.0 Å². The molecule has 0 radical (unpaired) electrons. The Kier molecular flexibility index (Phi) is 6.22. The van der Waals surface area contributed by atoms with E-state index >= 15 is 0 Å². The van der Waals surface area contributed by atoms with Gasteiger partial charge in [0.1, 0.15) is 18.2 Å². The van der Waals surface area contributed by atoms with Gasteiger partial charge >= 0.3 is 5.97 Å². The summed E-state index contributed by atoms with van der Waals surface area (Å²) >= 11 is 0. The van der Waals surface area contributed by atoms with Gasteiger partial charge in [0.2, 0.25) is 5.91 Å². The number of fused-ring (bicyclic) bond motifs is 1. The third-order valence-corrected chi connectivity index (χ3v) is 4.37. The fraction of sp³-hybridized carbons (Fsp3) is 0.182. The minimum absolute atomic E-state index is 0.0605. The van der Waals surface area contributed by atoms with E-state index in [9.17, 15) is 14.0 Å². The number of carboxylic acid groups (broad SMARTS) is 1. The van der Waals surface area contributed by atoms with Gasteiger partial charge in [-0.1, -0.05) is 48.5 Å². The van der Waals surface area contributed by atoms with E-state index in [1.165, 1.54) is 6.07 Å². The second kappa shape index (κ2) is 8.99. The van der Waals surface area contributed by atoms with E-state index in [-0.39, 0.29) is 37.7 Å². The summed E-state index contributed by atoms with van der Waals surface area (Å²) in [6.45, 7) is 0.247. The number of carbonyl (C=O) groups is 2. The monoisotopic (exact) mass is 381 g/mol. The van der Waals surface area contributed by atoms with Gasteiger partial charge in [-0.15, -0.1) is 0 Å². The number of carbonyl (C=O) groups excluding carboxylic acids is 1. The quantitative estimate of drug-likeness (QED) is 0.618. The van der Waals surface area contributed by atoms with Gasteiger partial charge in [-0.3, -0.25) is 9.59 Å². The number of aliphatic carboxylic acids is 1. The second-order valence-corrected chi connectivity index (χ2v) is 6.31. The molecule has 0 spiro atoms. The molecule has 3 aromatic rings. The first-order valence-electron chi connectivity index (χ1n) is 8.90. The lowest BCUT2D eigenvalue weighted by molar-refractivity contribution is -0.138. The van der Waals surface area contributed by atoms with Crippen molar-refractivity contribution < 1.29 is 23.8 Å². The summed E-state index contributed by atoms with van der Waals surface area (Å²) in [4.78, 5) is 22.6. The maximum Gasteiger partial charge on any atom is 0.303 e. The minimum atomic E-state index is -1.02. The van der Waals surface area contributed by atoms with Crippen LogP contribution in [-0.4, -0.2) is 17.0 Å². The third-order valence-electron chi connectivity index (χ3n) is 4.37. The summed E-state index contributed by atoms with van der Waals surface area (Å²) in [5, 5.41) is 13.3. The van der Waals surface area contributed by atoms with Gasteiger partial charge in [0.25, 0.3) is 0 Å². The lowest BCUT2D eigenvalue weighted by Gasteiger charge is -2.15. The fourth-order valence-corrected chi connectivity index (χ4v) is 2.90. The molecule has 0 heterocycles. The van der Waals surface area contributed by atoms with Crippen molar-refractivity contribution in [2.24, 2.45) is 0 Å². The van der Waals surface area contributed by atoms with E-state index in [0.29, 0.717) is 11.3 Å². The molecular formula is C22H20FNO4. The molecule has 0 bridgehead atoms. The molecule has 0 unspecified atom stereocenters. The largest absolute Gasteiger partial charge is 0.488 e. The zero-order valence-corrected chi connectivity index (χ0v) is 15.2.